The highest BCUT2D eigenvalue weighted by Crippen LogP contribution is 2.45. The molecular weight excluding hydrogens is 1130 g/mol. The number of carbonyl (C=O) groups excluding carboxylic acids is 4. The normalized spacial score (nSPS) is 14.7. The maximum Gasteiger partial charge on any atom is 0.472 e. The summed E-state index contributed by atoms with van der Waals surface area (Å²) in [7, 11) is -9.89. The standard InChI is InChI=1S/C66H128O17P2/c1-9-59(8)45-37-29-23-25-31-39-47-64(69)77-53-62(82-65(70)48-40-32-20-16-12-10-11-14-18-26-34-42-56(2)3)55-81-85(74,75)79-51-60(67)50-78-84(72,73)80-54-61(52-76-63(68)46-38-30-24-22-28-36-44-58(6)7)83-66(71)49-41-33-21-17-13-15-19-27-35-43-57(4)5/h56-62,67H,9-55H2,1-8H3,(H,72,73)(H,74,75)/t59?,60-,61+,62+/m0/s1. The van der Waals surface area contributed by atoms with Crippen molar-refractivity contribution in [3.8, 4) is 0 Å². The number of rotatable bonds is 63. The molecule has 17 nitrogen and oxygen atoms in total. The Bertz CT molecular complexity index is 1700. The van der Waals surface area contributed by atoms with Gasteiger partial charge in [0.05, 0.1) is 26.4 Å². The first-order chi connectivity index (χ1) is 40.6. The minimum absolute atomic E-state index is 0.103. The molecule has 0 aliphatic heterocycles. The molecule has 85 heavy (non-hydrogen) atoms. The summed E-state index contributed by atoms with van der Waals surface area (Å²) in [5.41, 5.74) is 0. The Labute approximate surface area is 517 Å². The number of carbonyl (C=O) groups is 4. The number of esters is 4. The molecule has 0 fully saturated rings. The molecule has 0 heterocycles. The molecule has 504 valence electrons. The van der Waals surface area contributed by atoms with Gasteiger partial charge in [-0.25, -0.2) is 9.13 Å². The van der Waals surface area contributed by atoms with Gasteiger partial charge in [0.2, 0.25) is 0 Å². The molecule has 0 saturated heterocycles. The van der Waals surface area contributed by atoms with Crippen molar-refractivity contribution in [2.75, 3.05) is 39.6 Å². The predicted molar refractivity (Wildman–Crippen MR) is 340 cm³/mol. The Hall–Kier alpha value is -1.94. The zero-order valence-corrected chi connectivity index (χ0v) is 57.0. The van der Waals surface area contributed by atoms with Gasteiger partial charge in [0.15, 0.2) is 12.2 Å². The van der Waals surface area contributed by atoms with E-state index in [0.717, 1.165) is 120 Å². The molecule has 3 N–H and O–H groups in total. The zero-order chi connectivity index (χ0) is 63.2. The molecule has 0 amide bonds. The van der Waals surface area contributed by atoms with E-state index in [9.17, 15) is 43.2 Å². The molecule has 0 spiro atoms. The van der Waals surface area contributed by atoms with Crippen LogP contribution in [0.25, 0.3) is 0 Å². The van der Waals surface area contributed by atoms with Crippen LogP contribution in [0.5, 0.6) is 0 Å². The lowest BCUT2D eigenvalue weighted by Gasteiger charge is -2.21. The van der Waals surface area contributed by atoms with Gasteiger partial charge >= 0.3 is 39.5 Å². The maximum absolute atomic E-state index is 13.0. The van der Waals surface area contributed by atoms with Crippen molar-refractivity contribution in [1.82, 2.24) is 0 Å². The highest BCUT2D eigenvalue weighted by Gasteiger charge is 2.30. The van der Waals surface area contributed by atoms with Gasteiger partial charge in [0, 0.05) is 25.7 Å². The van der Waals surface area contributed by atoms with E-state index in [1.165, 1.54) is 109 Å². The van der Waals surface area contributed by atoms with Crippen LogP contribution in [0.15, 0.2) is 0 Å². The molecule has 19 heteroatoms. The number of aliphatic hydroxyl groups is 1. The number of unbranched alkanes of at least 4 members (excludes halogenated alkanes) is 28. The third kappa shape index (κ3) is 59.5. The monoisotopic (exact) mass is 1250 g/mol. The van der Waals surface area contributed by atoms with E-state index in [1.807, 2.05) is 0 Å². The van der Waals surface area contributed by atoms with Gasteiger partial charge in [0.1, 0.15) is 19.3 Å². The second-order valence-corrected chi connectivity index (χ2v) is 28.4. The van der Waals surface area contributed by atoms with Crippen molar-refractivity contribution in [2.45, 2.75) is 337 Å². The van der Waals surface area contributed by atoms with Gasteiger partial charge in [-0.05, 0) is 49.4 Å². The van der Waals surface area contributed by atoms with E-state index < -0.39 is 97.5 Å². The molecule has 0 rings (SSSR count). The van der Waals surface area contributed by atoms with Crippen LogP contribution in [0.1, 0.15) is 319 Å². The molecule has 0 aromatic carbocycles. The first-order valence-corrected chi connectivity index (χ1v) is 37.2. The number of phosphoric acid groups is 2. The molecular formula is C66H128O17P2. The summed E-state index contributed by atoms with van der Waals surface area (Å²) < 4.78 is 68.1. The van der Waals surface area contributed by atoms with E-state index in [1.54, 1.807) is 0 Å². The smallest absolute Gasteiger partial charge is 0.462 e. The van der Waals surface area contributed by atoms with Crippen molar-refractivity contribution >= 4 is 39.5 Å². The fraction of sp³-hybridized carbons (Fsp3) is 0.939. The van der Waals surface area contributed by atoms with Crippen molar-refractivity contribution in [1.29, 1.82) is 0 Å². The molecule has 0 aromatic heterocycles. The summed E-state index contributed by atoms with van der Waals surface area (Å²) in [6.45, 7) is 14.0. The highest BCUT2D eigenvalue weighted by atomic mass is 31.2. The van der Waals surface area contributed by atoms with Gasteiger partial charge in [-0.1, -0.05) is 267 Å². The third-order valence-corrected chi connectivity index (χ3v) is 17.3. The number of phosphoric ester groups is 2. The fourth-order valence-electron chi connectivity index (χ4n) is 9.75. The Balaban J connectivity index is 5.25. The van der Waals surface area contributed by atoms with Crippen molar-refractivity contribution in [3.63, 3.8) is 0 Å². The lowest BCUT2D eigenvalue weighted by Crippen LogP contribution is -2.30. The second kappa shape index (κ2) is 56.1. The second-order valence-electron chi connectivity index (χ2n) is 25.5. The van der Waals surface area contributed by atoms with Crippen molar-refractivity contribution < 1.29 is 80.2 Å². The van der Waals surface area contributed by atoms with Gasteiger partial charge in [0.25, 0.3) is 0 Å². The number of aliphatic hydroxyl groups excluding tert-OH is 1. The third-order valence-electron chi connectivity index (χ3n) is 15.4. The topological polar surface area (TPSA) is 237 Å². The Kier molecular flexibility index (Phi) is 54.8. The molecule has 0 saturated carbocycles. The van der Waals surface area contributed by atoms with Gasteiger partial charge in [-0.3, -0.25) is 37.3 Å². The van der Waals surface area contributed by atoms with Crippen LogP contribution < -0.4 is 0 Å². The van der Waals surface area contributed by atoms with Crippen LogP contribution in [0.2, 0.25) is 0 Å². The van der Waals surface area contributed by atoms with E-state index in [-0.39, 0.29) is 25.7 Å². The number of hydrogen-bond acceptors (Lipinski definition) is 15. The van der Waals surface area contributed by atoms with Crippen LogP contribution >= 0.6 is 15.6 Å². The number of ether oxygens (including phenoxy) is 4. The first kappa shape index (κ1) is 83.1. The van der Waals surface area contributed by atoms with Crippen LogP contribution in [0.3, 0.4) is 0 Å². The van der Waals surface area contributed by atoms with Crippen LogP contribution in [-0.4, -0.2) is 96.7 Å². The van der Waals surface area contributed by atoms with E-state index in [4.69, 9.17) is 37.0 Å². The highest BCUT2D eigenvalue weighted by molar-refractivity contribution is 7.47. The Morgan fingerprint density at radius 1 is 0.329 bits per heavy atom. The Morgan fingerprint density at radius 3 is 0.835 bits per heavy atom. The van der Waals surface area contributed by atoms with E-state index in [0.29, 0.717) is 31.6 Å². The average molecular weight is 1260 g/mol. The van der Waals surface area contributed by atoms with Crippen LogP contribution in [0.4, 0.5) is 0 Å². The molecule has 0 aliphatic rings. The summed E-state index contributed by atoms with van der Waals surface area (Å²) in [6.07, 6.45) is 36.4. The van der Waals surface area contributed by atoms with Crippen LogP contribution in [-0.2, 0) is 65.4 Å². The molecule has 3 unspecified atom stereocenters. The maximum atomic E-state index is 13.0. The minimum Gasteiger partial charge on any atom is -0.462 e. The summed E-state index contributed by atoms with van der Waals surface area (Å²) in [6, 6.07) is 0. The molecule has 6 atom stereocenters. The summed E-state index contributed by atoms with van der Waals surface area (Å²) in [4.78, 5) is 72.3. The summed E-state index contributed by atoms with van der Waals surface area (Å²) in [5.74, 6) is 0.774. The molecule has 0 aliphatic carbocycles. The lowest BCUT2D eigenvalue weighted by atomic mass is 10.00. The van der Waals surface area contributed by atoms with Gasteiger partial charge in [-0.2, -0.15) is 0 Å². The molecule has 0 bridgehead atoms. The van der Waals surface area contributed by atoms with E-state index in [2.05, 4.69) is 55.4 Å². The van der Waals surface area contributed by atoms with Crippen molar-refractivity contribution in [3.05, 3.63) is 0 Å². The summed E-state index contributed by atoms with van der Waals surface area (Å²) >= 11 is 0. The quantitative estimate of drug-likeness (QED) is 0.0222. The zero-order valence-electron chi connectivity index (χ0n) is 55.2. The minimum atomic E-state index is -4.95. The van der Waals surface area contributed by atoms with Crippen LogP contribution in [0, 0.1) is 23.7 Å². The predicted octanol–water partition coefficient (Wildman–Crippen LogP) is 18.1. The van der Waals surface area contributed by atoms with Gasteiger partial charge < -0.3 is 33.8 Å². The first-order valence-electron chi connectivity index (χ1n) is 34.2. The Morgan fingerprint density at radius 2 is 0.565 bits per heavy atom. The largest absolute Gasteiger partial charge is 0.472 e. The van der Waals surface area contributed by atoms with E-state index >= 15 is 0 Å². The molecule has 0 radical (unpaired) electrons. The lowest BCUT2D eigenvalue weighted by molar-refractivity contribution is -0.161. The average Bonchev–Trinajstić information content (AvgIpc) is 3.54. The fourth-order valence-corrected chi connectivity index (χ4v) is 11.3. The number of hydrogen-bond donors (Lipinski definition) is 3. The van der Waals surface area contributed by atoms with Crippen molar-refractivity contribution in [2.24, 2.45) is 23.7 Å². The summed E-state index contributed by atoms with van der Waals surface area (Å²) in [5, 5.41) is 10.5. The SMILES string of the molecule is CCC(C)CCCCCCCCC(=O)OC[C@H](COP(=O)(O)OC[C@@H](O)COP(=O)(O)OC[C@@H](COC(=O)CCCCCCCCC(C)C)OC(=O)CCCCCCCCCCCC(C)C)OC(=O)CCCCCCCCCCCCCC(C)C. The molecule has 0 aromatic rings. The van der Waals surface area contributed by atoms with Gasteiger partial charge in [-0.15, -0.1) is 0 Å².